The molecular weight excluding hydrogens is 400 g/mol. The zero-order valence-electron chi connectivity index (χ0n) is 16.0. The number of benzene rings is 2. The standard InChI is InChI=1S/C20H23ClN2O4S/c1-13-11-23(12-14(2)27-13)28(25,26)17-9-7-16(8-10-17)20(24)22-19-6-4-5-18(21)15(19)3/h4-10,13-14H,11-12H2,1-3H3,(H,22,24)/t13-,14-/m0/s1. The van der Waals surface area contributed by atoms with Crippen LogP contribution in [0, 0.1) is 6.92 Å². The third-order valence-electron chi connectivity index (χ3n) is 4.66. The van der Waals surface area contributed by atoms with Crippen molar-refractivity contribution in [1.29, 1.82) is 0 Å². The van der Waals surface area contributed by atoms with Crippen molar-refractivity contribution in [2.75, 3.05) is 18.4 Å². The highest BCUT2D eigenvalue weighted by molar-refractivity contribution is 7.89. The van der Waals surface area contributed by atoms with Gasteiger partial charge in [0.05, 0.1) is 17.1 Å². The molecule has 150 valence electrons. The van der Waals surface area contributed by atoms with Crippen molar-refractivity contribution < 1.29 is 17.9 Å². The molecule has 3 rings (SSSR count). The van der Waals surface area contributed by atoms with Gasteiger partial charge in [-0.2, -0.15) is 4.31 Å². The highest BCUT2D eigenvalue weighted by atomic mass is 35.5. The minimum absolute atomic E-state index is 0.157. The number of hydrogen-bond donors (Lipinski definition) is 1. The smallest absolute Gasteiger partial charge is 0.255 e. The van der Waals surface area contributed by atoms with E-state index >= 15 is 0 Å². The van der Waals surface area contributed by atoms with Gasteiger partial charge >= 0.3 is 0 Å². The maximum atomic E-state index is 12.9. The molecule has 1 fully saturated rings. The monoisotopic (exact) mass is 422 g/mol. The van der Waals surface area contributed by atoms with Crippen LogP contribution in [0.3, 0.4) is 0 Å². The fraction of sp³-hybridized carbons (Fsp3) is 0.350. The molecule has 28 heavy (non-hydrogen) atoms. The normalized spacial score (nSPS) is 20.7. The van der Waals surface area contributed by atoms with Gasteiger partial charge in [-0.15, -0.1) is 0 Å². The van der Waals surface area contributed by atoms with E-state index in [1.165, 1.54) is 28.6 Å². The Balaban J connectivity index is 1.77. The van der Waals surface area contributed by atoms with E-state index in [1.807, 2.05) is 20.8 Å². The van der Waals surface area contributed by atoms with Crippen LogP contribution < -0.4 is 5.32 Å². The van der Waals surface area contributed by atoms with Gasteiger partial charge in [-0.3, -0.25) is 4.79 Å². The van der Waals surface area contributed by atoms with E-state index in [4.69, 9.17) is 16.3 Å². The van der Waals surface area contributed by atoms with E-state index in [0.29, 0.717) is 29.4 Å². The van der Waals surface area contributed by atoms with Crippen LogP contribution in [-0.4, -0.2) is 43.9 Å². The highest BCUT2D eigenvalue weighted by Crippen LogP contribution is 2.24. The van der Waals surface area contributed by atoms with Crippen LogP contribution >= 0.6 is 11.6 Å². The number of carbonyl (C=O) groups is 1. The molecule has 8 heteroatoms. The molecule has 1 saturated heterocycles. The number of rotatable bonds is 4. The van der Waals surface area contributed by atoms with E-state index in [2.05, 4.69) is 5.32 Å². The van der Waals surface area contributed by atoms with Gasteiger partial charge in [-0.05, 0) is 62.7 Å². The molecule has 0 aliphatic carbocycles. The largest absolute Gasteiger partial charge is 0.373 e. The summed E-state index contributed by atoms with van der Waals surface area (Å²) in [5, 5.41) is 3.36. The molecule has 0 aromatic heterocycles. The van der Waals surface area contributed by atoms with Crippen LogP contribution in [-0.2, 0) is 14.8 Å². The summed E-state index contributed by atoms with van der Waals surface area (Å²) in [6, 6.07) is 11.2. The van der Waals surface area contributed by atoms with Gasteiger partial charge < -0.3 is 10.1 Å². The molecule has 0 spiro atoms. The average molecular weight is 423 g/mol. The molecule has 2 aromatic carbocycles. The first-order valence-corrected chi connectivity index (χ1v) is 10.8. The predicted molar refractivity (Wildman–Crippen MR) is 109 cm³/mol. The first kappa shape index (κ1) is 20.8. The van der Waals surface area contributed by atoms with Gasteiger partial charge in [0.15, 0.2) is 0 Å². The topological polar surface area (TPSA) is 75.7 Å². The van der Waals surface area contributed by atoms with Crippen molar-refractivity contribution >= 4 is 33.2 Å². The molecule has 6 nitrogen and oxygen atoms in total. The molecule has 2 aromatic rings. The Morgan fingerprint density at radius 3 is 2.32 bits per heavy atom. The van der Waals surface area contributed by atoms with Crippen LogP contribution in [0.25, 0.3) is 0 Å². The lowest BCUT2D eigenvalue weighted by atomic mass is 10.1. The van der Waals surface area contributed by atoms with Gasteiger partial charge in [0.2, 0.25) is 10.0 Å². The lowest BCUT2D eigenvalue weighted by molar-refractivity contribution is -0.0440. The molecule has 0 radical (unpaired) electrons. The van der Waals surface area contributed by atoms with Gasteiger partial charge in [-0.25, -0.2) is 8.42 Å². The van der Waals surface area contributed by atoms with E-state index in [-0.39, 0.29) is 23.0 Å². The number of hydrogen-bond acceptors (Lipinski definition) is 4. The van der Waals surface area contributed by atoms with E-state index < -0.39 is 10.0 Å². The quantitative estimate of drug-likeness (QED) is 0.815. The number of morpholine rings is 1. The summed E-state index contributed by atoms with van der Waals surface area (Å²) in [6.45, 7) is 6.14. The van der Waals surface area contributed by atoms with Gasteiger partial charge in [0.1, 0.15) is 0 Å². The Morgan fingerprint density at radius 1 is 1.11 bits per heavy atom. The minimum atomic E-state index is -3.64. The third-order valence-corrected chi connectivity index (χ3v) is 6.91. The summed E-state index contributed by atoms with van der Waals surface area (Å²) < 4.78 is 32.8. The fourth-order valence-corrected chi connectivity index (χ4v) is 4.96. The molecule has 1 aliphatic rings. The first-order valence-electron chi connectivity index (χ1n) is 9.00. The van der Waals surface area contributed by atoms with Crippen molar-refractivity contribution in [2.45, 2.75) is 37.9 Å². The lowest BCUT2D eigenvalue weighted by Crippen LogP contribution is -2.48. The molecule has 2 atom stereocenters. The summed E-state index contributed by atoms with van der Waals surface area (Å²) in [6.07, 6.45) is -0.325. The summed E-state index contributed by atoms with van der Waals surface area (Å²) in [5.41, 5.74) is 1.75. The number of anilines is 1. The number of halogens is 1. The number of sulfonamides is 1. The maximum absolute atomic E-state index is 12.9. The zero-order chi connectivity index (χ0) is 20.5. The predicted octanol–water partition coefficient (Wildman–Crippen LogP) is 3.70. The lowest BCUT2D eigenvalue weighted by Gasteiger charge is -2.34. The molecule has 1 heterocycles. The van der Waals surface area contributed by atoms with Gasteiger partial charge in [0, 0.05) is 29.4 Å². The Hall–Kier alpha value is -1.93. The second kappa shape index (κ2) is 8.21. The Morgan fingerprint density at radius 2 is 1.71 bits per heavy atom. The maximum Gasteiger partial charge on any atom is 0.255 e. The number of nitrogens with one attached hydrogen (secondary N) is 1. The summed E-state index contributed by atoms with van der Waals surface area (Å²) in [4.78, 5) is 12.7. The van der Waals surface area contributed by atoms with Crippen LogP contribution in [0.2, 0.25) is 5.02 Å². The van der Waals surface area contributed by atoms with Crippen molar-refractivity contribution in [3.05, 3.63) is 58.6 Å². The molecule has 1 amide bonds. The van der Waals surface area contributed by atoms with Crippen LogP contribution in [0.4, 0.5) is 5.69 Å². The number of ether oxygens (including phenoxy) is 1. The minimum Gasteiger partial charge on any atom is -0.373 e. The second-order valence-corrected chi connectivity index (χ2v) is 9.32. The summed E-state index contributed by atoms with van der Waals surface area (Å²) in [7, 11) is -3.64. The second-order valence-electron chi connectivity index (χ2n) is 6.97. The van der Waals surface area contributed by atoms with Crippen LogP contribution in [0.5, 0.6) is 0 Å². The average Bonchev–Trinajstić information content (AvgIpc) is 2.64. The Bertz CT molecular complexity index is 966. The summed E-state index contributed by atoms with van der Waals surface area (Å²) >= 11 is 6.08. The van der Waals surface area contributed by atoms with Crippen molar-refractivity contribution in [2.24, 2.45) is 0 Å². The Kier molecular flexibility index (Phi) is 6.09. The molecule has 0 unspecified atom stereocenters. The summed E-state index contributed by atoms with van der Waals surface area (Å²) in [5.74, 6) is -0.331. The van der Waals surface area contributed by atoms with E-state index in [0.717, 1.165) is 5.56 Å². The number of nitrogens with zero attached hydrogens (tertiary/aromatic N) is 1. The SMILES string of the molecule is Cc1c(Cl)cccc1NC(=O)c1ccc(S(=O)(=O)N2C[C@H](C)O[C@@H](C)C2)cc1. The van der Waals surface area contributed by atoms with Crippen molar-refractivity contribution in [3.8, 4) is 0 Å². The highest BCUT2D eigenvalue weighted by Gasteiger charge is 2.32. The van der Waals surface area contributed by atoms with Gasteiger partial charge in [0.25, 0.3) is 5.91 Å². The molecule has 1 N–H and O–H groups in total. The Labute approximate surface area is 170 Å². The number of carbonyl (C=O) groups excluding carboxylic acids is 1. The zero-order valence-corrected chi connectivity index (χ0v) is 17.5. The van der Waals surface area contributed by atoms with Crippen molar-refractivity contribution in [3.63, 3.8) is 0 Å². The molecule has 0 saturated carbocycles. The van der Waals surface area contributed by atoms with Crippen molar-refractivity contribution in [1.82, 2.24) is 4.31 Å². The van der Waals surface area contributed by atoms with Crippen LogP contribution in [0.15, 0.2) is 47.4 Å². The molecular formula is C20H23ClN2O4S. The molecule has 1 aliphatic heterocycles. The molecule has 0 bridgehead atoms. The first-order chi connectivity index (χ1) is 13.2. The fourth-order valence-electron chi connectivity index (χ4n) is 3.19. The van der Waals surface area contributed by atoms with Gasteiger partial charge in [-0.1, -0.05) is 17.7 Å². The van der Waals surface area contributed by atoms with E-state index in [1.54, 1.807) is 18.2 Å². The number of amides is 1. The van der Waals surface area contributed by atoms with E-state index in [9.17, 15) is 13.2 Å². The third kappa shape index (κ3) is 4.38. The van der Waals surface area contributed by atoms with Crippen LogP contribution in [0.1, 0.15) is 29.8 Å².